The third-order valence-electron chi connectivity index (χ3n) is 3.22. The van der Waals surface area contributed by atoms with Crippen LogP contribution in [0.25, 0.3) is 0 Å². The van der Waals surface area contributed by atoms with Crippen molar-refractivity contribution in [1.29, 1.82) is 0 Å². The molecule has 6 heteroatoms. The first-order chi connectivity index (χ1) is 8.27. The normalized spacial score (nSPS) is 25.8. The number of ether oxygens (including phenoxy) is 2. The molecular formula is C11H18N4O2. The molecule has 1 aromatic heterocycles. The molecule has 2 rings (SSSR count). The number of aromatic nitrogens is 2. The lowest BCUT2D eigenvalue weighted by Gasteiger charge is -2.25. The molecule has 94 valence electrons. The largest absolute Gasteiger partial charge is 0.480 e. The second kappa shape index (κ2) is 5.39. The number of hydrogen-bond acceptors (Lipinski definition) is 6. The van der Waals surface area contributed by atoms with Crippen molar-refractivity contribution in [3.05, 3.63) is 18.1 Å². The standard InChI is InChI=1S/C11H18N4O2/c1-7-8(3-6-17-7)9(15-12)10-11(16-2)14-5-4-13-10/h4-5,7-9,15H,3,6,12H2,1-2H3. The van der Waals surface area contributed by atoms with Crippen molar-refractivity contribution in [2.75, 3.05) is 13.7 Å². The van der Waals surface area contributed by atoms with Gasteiger partial charge in [-0.25, -0.2) is 4.98 Å². The maximum atomic E-state index is 5.64. The van der Waals surface area contributed by atoms with Gasteiger partial charge in [0.1, 0.15) is 5.69 Å². The third-order valence-corrected chi connectivity index (χ3v) is 3.22. The van der Waals surface area contributed by atoms with Crippen LogP contribution in [0.1, 0.15) is 25.1 Å². The minimum absolute atomic E-state index is 0.101. The summed E-state index contributed by atoms with van der Waals surface area (Å²) in [6.45, 7) is 2.80. The van der Waals surface area contributed by atoms with E-state index >= 15 is 0 Å². The Balaban J connectivity index is 2.28. The van der Waals surface area contributed by atoms with Crippen LogP contribution in [0, 0.1) is 5.92 Å². The fourth-order valence-electron chi connectivity index (χ4n) is 2.30. The van der Waals surface area contributed by atoms with Crippen molar-refractivity contribution in [2.24, 2.45) is 11.8 Å². The van der Waals surface area contributed by atoms with Gasteiger partial charge in [-0.15, -0.1) is 0 Å². The molecule has 0 aliphatic carbocycles. The van der Waals surface area contributed by atoms with Gasteiger partial charge >= 0.3 is 0 Å². The zero-order chi connectivity index (χ0) is 12.3. The van der Waals surface area contributed by atoms with Gasteiger partial charge in [0.05, 0.1) is 19.3 Å². The summed E-state index contributed by atoms with van der Waals surface area (Å²) in [5.41, 5.74) is 3.54. The molecule has 0 amide bonds. The summed E-state index contributed by atoms with van der Waals surface area (Å²) in [5, 5.41) is 0. The predicted octanol–water partition coefficient (Wildman–Crippen LogP) is 0.415. The lowest BCUT2D eigenvalue weighted by Crippen LogP contribution is -2.37. The molecule has 0 spiro atoms. The number of methoxy groups -OCH3 is 1. The van der Waals surface area contributed by atoms with E-state index in [0.29, 0.717) is 5.88 Å². The Labute approximate surface area is 101 Å². The van der Waals surface area contributed by atoms with Gasteiger partial charge in [-0.05, 0) is 13.3 Å². The SMILES string of the molecule is COc1nccnc1C(NN)C1CCOC1C. The zero-order valence-corrected chi connectivity index (χ0v) is 10.1. The van der Waals surface area contributed by atoms with Crippen molar-refractivity contribution in [3.8, 4) is 5.88 Å². The second-order valence-electron chi connectivity index (χ2n) is 4.12. The van der Waals surface area contributed by atoms with Crippen molar-refractivity contribution in [3.63, 3.8) is 0 Å². The van der Waals surface area contributed by atoms with E-state index in [1.165, 1.54) is 0 Å². The molecule has 3 unspecified atom stereocenters. The highest BCUT2D eigenvalue weighted by Gasteiger charge is 2.34. The Hall–Kier alpha value is -1.24. The van der Waals surface area contributed by atoms with Gasteiger partial charge in [0.2, 0.25) is 5.88 Å². The minimum atomic E-state index is -0.101. The molecule has 1 saturated heterocycles. The Kier molecular flexibility index (Phi) is 3.88. The van der Waals surface area contributed by atoms with Crippen LogP contribution in [-0.4, -0.2) is 29.8 Å². The van der Waals surface area contributed by atoms with Crippen LogP contribution in [0.15, 0.2) is 12.4 Å². The number of nitrogens with zero attached hydrogens (tertiary/aromatic N) is 2. The van der Waals surface area contributed by atoms with Crippen LogP contribution in [0.2, 0.25) is 0 Å². The monoisotopic (exact) mass is 238 g/mol. The highest BCUT2D eigenvalue weighted by molar-refractivity contribution is 5.22. The zero-order valence-electron chi connectivity index (χ0n) is 10.1. The summed E-state index contributed by atoms with van der Waals surface area (Å²) in [6, 6.07) is -0.101. The molecule has 1 aromatic rings. The van der Waals surface area contributed by atoms with Gasteiger partial charge < -0.3 is 9.47 Å². The van der Waals surface area contributed by atoms with Gasteiger partial charge in [0.25, 0.3) is 0 Å². The summed E-state index contributed by atoms with van der Waals surface area (Å²) in [5.74, 6) is 6.43. The molecule has 6 nitrogen and oxygen atoms in total. The Morgan fingerprint density at radius 1 is 1.53 bits per heavy atom. The molecule has 2 heterocycles. The number of nitrogens with one attached hydrogen (secondary N) is 1. The molecular weight excluding hydrogens is 220 g/mol. The van der Waals surface area contributed by atoms with Crippen LogP contribution in [0.3, 0.4) is 0 Å². The molecule has 0 saturated carbocycles. The smallest absolute Gasteiger partial charge is 0.237 e. The molecule has 1 fully saturated rings. The van der Waals surface area contributed by atoms with Crippen LogP contribution >= 0.6 is 0 Å². The van der Waals surface area contributed by atoms with E-state index in [-0.39, 0.29) is 18.1 Å². The van der Waals surface area contributed by atoms with Gasteiger partial charge in [-0.2, -0.15) is 0 Å². The van der Waals surface area contributed by atoms with Gasteiger partial charge in [0, 0.05) is 24.9 Å². The molecule has 1 aliphatic heterocycles. The topological polar surface area (TPSA) is 82.3 Å². The quantitative estimate of drug-likeness (QED) is 0.584. The lowest BCUT2D eigenvalue weighted by atomic mass is 9.91. The number of nitrogens with two attached hydrogens (primary N) is 1. The first-order valence-corrected chi connectivity index (χ1v) is 5.70. The summed E-state index contributed by atoms with van der Waals surface area (Å²) in [4.78, 5) is 8.46. The Morgan fingerprint density at radius 2 is 2.29 bits per heavy atom. The fourth-order valence-corrected chi connectivity index (χ4v) is 2.30. The van der Waals surface area contributed by atoms with E-state index < -0.39 is 0 Å². The van der Waals surface area contributed by atoms with Crippen molar-refractivity contribution < 1.29 is 9.47 Å². The number of hydrogen-bond donors (Lipinski definition) is 2. The molecule has 1 aliphatic rings. The highest BCUT2D eigenvalue weighted by Crippen LogP contribution is 2.34. The third kappa shape index (κ3) is 2.38. The van der Waals surface area contributed by atoms with Gasteiger partial charge in [-0.1, -0.05) is 0 Å². The molecule has 3 atom stereocenters. The van der Waals surface area contributed by atoms with Crippen molar-refractivity contribution >= 4 is 0 Å². The number of rotatable bonds is 4. The molecule has 0 bridgehead atoms. The van der Waals surface area contributed by atoms with Gasteiger partial charge in [0.15, 0.2) is 0 Å². The molecule has 0 radical (unpaired) electrons. The summed E-state index contributed by atoms with van der Waals surface area (Å²) in [7, 11) is 1.58. The van der Waals surface area contributed by atoms with E-state index in [1.807, 2.05) is 6.92 Å². The summed E-state index contributed by atoms with van der Waals surface area (Å²) < 4.78 is 10.8. The first-order valence-electron chi connectivity index (χ1n) is 5.70. The maximum Gasteiger partial charge on any atom is 0.237 e. The highest BCUT2D eigenvalue weighted by atomic mass is 16.5. The molecule has 17 heavy (non-hydrogen) atoms. The van der Waals surface area contributed by atoms with Crippen LogP contribution in [0.4, 0.5) is 0 Å². The Bertz CT molecular complexity index is 374. The fraction of sp³-hybridized carbons (Fsp3) is 0.636. The Morgan fingerprint density at radius 3 is 2.88 bits per heavy atom. The molecule has 0 aromatic carbocycles. The van der Waals surface area contributed by atoms with Crippen molar-refractivity contribution in [2.45, 2.75) is 25.5 Å². The summed E-state index contributed by atoms with van der Waals surface area (Å²) >= 11 is 0. The number of hydrazine groups is 1. The van der Waals surface area contributed by atoms with E-state index in [0.717, 1.165) is 18.7 Å². The van der Waals surface area contributed by atoms with E-state index in [2.05, 4.69) is 15.4 Å². The second-order valence-corrected chi connectivity index (χ2v) is 4.12. The van der Waals surface area contributed by atoms with E-state index in [9.17, 15) is 0 Å². The first kappa shape index (κ1) is 12.2. The van der Waals surface area contributed by atoms with E-state index in [1.54, 1.807) is 19.5 Å². The predicted molar refractivity (Wildman–Crippen MR) is 62.2 cm³/mol. The average Bonchev–Trinajstić information content (AvgIpc) is 2.78. The van der Waals surface area contributed by atoms with E-state index in [4.69, 9.17) is 15.3 Å². The molecule has 3 N–H and O–H groups in total. The average molecular weight is 238 g/mol. The van der Waals surface area contributed by atoms with Crippen LogP contribution < -0.4 is 16.0 Å². The maximum absolute atomic E-state index is 5.64. The minimum Gasteiger partial charge on any atom is -0.480 e. The summed E-state index contributed by atoms with van der Waals surface area (Å²) in [6.07, 6.45) is 4.35. The van der Waals surface area contributed by atoms with Crippen LogP contribution in [-0.2, 0) is 4.74 Å². The van der Waals surface area contributed by atoms with Gasteiger partial charge in [-0.3, -0.25) is 16.3 Å². The van der Waals surface area contributed by atoms with Crippen molar-refractivity contribution in [1.82, 2.24) is 15.4 Å². The van der Waals surface area contributed by atoms with Crippen LogP contribution in [0.5, 0.6) is 5.88 Å². The lowest BCUT2D eigenvalue weighted by molar-refractivity contribution is 0.0944.